The van der Waals surface area contributed by atoms with E-state index < -0.39 is 71.2 Å². The van der Waals surface area contributed by atoms with Gasteiger partial charge in [-0.25, -0.2) is 0 Å². The molecule has 330 valence electrons. The second-order valence-corrected chi connectivity index (χ2v) is 16.3. The molecule has 1 spiro atoms. The highest BCUT2D eigenvalue weighted by Crippen LogP contribution is 2.65. The van der Waals surface area contributed by atoms with E-state index >= 15 is 14.4 Å². The second-order valence-electron chi connectivity index (χ2n) is 16.3. The largest absolute Gasteiger partial charge is 0.508 e. The number of phenols is 1. The highest BCUT2D eigenvalue weighted by molar-refractivity contribution is 6.13. The van der Waals surface area contributed by atoms with E-state index in [1.54, 1.807) is 42.5 Å². The molecular weight excluding hydrogens is 829 g/mol. The lowest BCUT2D eigenvalue weighted by atomic mass is 9.65. The number of nitrogens with zero attached hydrogens (tertiary/aromatic N) is 2. The maximum Gasteiger partial charge on any atom is 0.324 e. The average molecular weight is 875 g/mol. The molecule has 5 aromatic rings. The van der Waals surface area contributed by atoms with E-state index in [0.29, 0.717) is 46.8 Å². The van der Waals surface area contributed by atoms with Gasteiger partial charge in [-0.3, -0.25) is 28.9 Å². The number of carbonyl (C=O) groups is 5. The summed E-state index contributed by atoms with van der Waals surface area (Å²) in [5.41, 5.74) is 2.84. The number of nitrogens with one attached hydrogen (secondary N) is 2. The van der Waals surface area contributed by atoms with E-state index in [2.05, 4.69) is 27.4 Å². The molecule has 0 saturated carbocycles. The number of phenolic OH excluding ortho intramolecular Hbond substituents is 1. The lowest BCUT2D eigenvalue weighted by Gasteiger charge is -2.46. The molecule has 3 N–H and O–H groups in total. The molecule has 6 atom stereocenters. The number of esters is 3. The van der Waals surface area contributed by atoms with Gasteiger partial charge in [0, 0.05) is 42.1 Å². The number of anilines is 3. The molecule has 6 unspecified atom stereocenters. The van der Waals surface area contributed by atoms with Crippen LogP contribution < -0.4 is 15.5 Å². The third kappa shape index (κ3) is 7.72. The number of cyclic esters (lactones) is 1. The Balaban J connectivity index is 1.24. The van der Waals surface area contributed by atoms with Crippen molar-refractivity contribution in [2.45, 2.75) is 36.1 Å². The van der Waals surface area contributed by atoms with Crippen molar-refractivity contribution >= 4 is 46.8 Å². The maximum absolute atomic E-state index is 15.6. The van der Waals surface area contributed by atoms with Crippen LogP contribution >= 0.6 is 0 Å². The van der Waals surface area contributed by atoms with Crippen molar-refractivity contribution in [2.75, 3.05) is 56.1 Å². The molecule has 3 fully saturated rings. The summed E-state index contributed by atoms with van der Waals surface area (Å²) >= 11 is 0. The van der Waals surface area contributed by atoms with E-state index in [1.807, 2.05) is 77.7 Å². The molecule has 4 heterocycles. The summed E-state index contributed by atoms with van der Waals surface area (Å²) in [4.78, 5) is 75.3. The molecular formula is C51H46N4O10. The van der Waals surface area contributed by atoms with Crippen LogP contribution in [0, 0.1) is 23.7 Å². The standard InChI is InChI=1S/C51H46N4O10/c1-62-47(58)38(48(59)63-2)15-9-10-31-16-25-40-39(30-31)51(50(61)53-40)41(46(57)52-35-19-21-36(22-20-35)54-26-28-64-29-27-54)43-49(60)65-44(33-13-7-4-8-14-33)42(32-11-5-3-6-12-32)55(43)45(51)34-17-23-37(56)24-18-34/h3-8,11-14,16-25,30,38,41-45,56H,15,26-29H2,1-2H3,(H,52,57)(H,53,61). The first-order valence-electron chi connectivity index (χ1n) is 21.3. The number of hydrogen-bond donors (Lipinski definition) is 3. The minimum absolute atomic E-state index is 0.0157. The van der Waals surface area contributed by atoms with Gasteiger partial charge >= 0.3 is 17.9 Å². The number of amides is 2. The van der Waals surface area contributed by atoms with Gasteiger partial charge in [-0.2, -0.15) is 0 Å². The SMILES string of the molecule is COC(=O)C(CC#Cc1ccc2c(c1)C1(C(=O)N2)C(C(=O)Nc2ccc(N3CCOCC3)cc2)C2C(=O)OC(c3ccccc3)C(c3ccccc3)N2C1c1ccc(O)cc1)C(=O)OC. The van der Waals surface area contributed by atoms with Crippen LogP contribution in [0.2, 0.25) is 0 Å². The van der Waals surface area contributed by atoms with Gasteiger partial charge in [0.15, 0.2) is 5.92 Å². The van der Waals surface area contributed by atoms with Gasteiger partial charge in [0.25, 0.3) is 0 Å². The molecule has 0 radical (unpaired) electrons. The van der Waals surface area contributed by atoms with E-state index in [1.165, 1.54) is 26.4 Å². The molecule has 3 saturated heterocycles. The van der Waals surface area contributed by atoms with Crippen LogP contribution in [0.1, 0.15) is 52.4 Å². The van der Waals surface area contributed by atoms with E-state index in [0.717, 1.165) is 24.3 Å². The lowest BCUT2D eigenvalue weighted by Crippen LogP contribution is -2.53. The summed E-state index contributed by atoms with van der Waals surface area (Å²) in [5.74, 6) is -0.185. The van der Waals surface area contributed by atoms with Gasteiger partial charge in [0.05, 0.1) is 45.4 Å². The maximum atomic E-state index is 15.6. The van der Waals surface area contributed by atoms with Crippen molar-refractivity contribution in [3.8, 4) is 17.6 Å². The lowest BCUT2D eigenvalue weighted by molar-refractivity contribution is -0.178. The first-order chi connectivity index (χ1) is 31.6. The molecule has 4 aliphatic heterocycles. The Kier molecular flexibility index (Phi) is 11.8. The monoisotopic (exact) mass is 874 g/mol. The molecule has 2 amide bonds. The van der Waals surface area contributed by atoms with Crippen LogP contribution in [-0.2, 0) is 48.3 Å². The van der Waals surface area contributed by atoms with E-state index in [-0.39, 0.29) is 12.2 Å². The number of ether oxygens (including phenoxy) is 4. The predicted octanol–water partition coefficient (Wildman–Crippen LogP) is 5.84. The zero-order valence-corrected chi connectivity index (χ0v) is 35.6. The average Bonchev–Trinajstić information content (AvgIpc) is 3.82. The normalized spacial score (nSPS) is 23.4. The minimum Gasteiger partial charge on any atom is -0.508 e. The van der Waals surface area contributed by atoms with Crippen molar-refractivity contribution in [1.82, 2.24) is 4.90 Å². The highest BCUT2D eigenvalue weighted by atomic mass is 16.6. The summed E-state index contributed by atoms with van der Waals surface area (Å²) in [6, 6.07) is 34.8. The number of fused-ring (bicyclic) bond motifs is 3. The quantitative estimate of drug-likeness (QED) is 0.0700. The Morgan fingerprint density at radius 3 is 2.11 bits per heavy atom. The Bertz CT molecular complexity index is 2660. The van der Waals surface area contributed by atoms with Crippen LogP contribution in [0.15, 0.2) is 127 Å². The number of aromatic hydroxyl groups is 1. The summed E-state index contributed by atoms with van der Waals surface area (Å²) in [7, 11) is 2.34. The molecule has 65 heavy (non-hydrogen) atoms. The molecule has 0 bridgehead atoms. The first kappa shape index (κ1) is 42.8. The fourth-order valence-electron chi connectivity index (χ4n) is 9.93. The number of rotatable bonds is 9. The molecule has 14 nitrogen and oxygen atoms in total. The minimum atomic E-state index is -1.83. The predicted molar refractivity (Wildman–Crippen MR) is 238 cm³/mol. The molecule has 4 aliphatic rings. The fourth-order valence-corrected chi connectivity index (χ4v) is 9.93. The topological polar surface area (TPSA) is 173 Å². The van der Waals surface area contributed by atoms with Gasteiger partial charge < -0.3 is 39.6 Å². The third-order valence-corrected chi connectivity index (χ3v) is 12.8. The van der Waals surface area contributed by atoms with Gasteiger partial charge in [-0.15, -0.1) is 0 Å². The second kappa shape index (κ2) is 18.0. The van der Waals surface area contributed by atoms with Crippen molar-refractivity contribution in [1.29, 1.82) is 0 Å². The third-order valence-electron chi connectivity index (χ3n) is 12.8. The number of hydrogen-bond acceptors (Lipinski definition) is 12. The zero-order valence-electron chi connectivity index (χ0n) is 35.6. The summed E-state index contributed by atoms with van der Waals surface area (Å²) in [6.45, 7) is 2.65. The van der Waals surface area contributed by atoms with Gasteiger partial charge in [-0.1, -0.05) is 84.6 Å². The molecule has 0 aliphatic carbocycles. The van der Waals surface area contributed by atoms with Crippen molar-refractivity contribution in [2.24, 2.45) is 11.8 Å². The van der Waals surface area contributed by atoms with Crippen molar-refractivity contribution in [3.05, 3.63) is 155 Å². The molecule has 14 heteroatoms. The molecule has 5 aromatic carbocycles. The van der Waals surface area contributed by atoms with Crippen LogP contribution in [0.5, 0.6) is 5.75 Å². The fraction of sp³-hybridized carbons (Fsp3) is 0.275. The molecule has 9 rings (SSSR count). The highest BCUT2D eigenvalue weighted by Gasteiger charge is 2.74. The summed E-state index contributed by atoms with van der Waals surface area (Å²) in [5, 5.41) is 16.8. The van der Waals surface area contributed by atoms with Crippen molar-refractivity contribution < 1.29 is 48.0 Å². The smallest absolute Gasteiger partial charge is 0.324 e. The van der Waals surface area contributed by atoms with Crippen LogP contribution in [0.25, 0.3) is 0 Å². The number of morpholine rings is 2. The van der Waals surface area contributed by atoms with Crippen LogP contribution in [-0.4, -0.2) is 86.3 Å². The molecule has 0 aromatic heterocycles. The zero-order chi connectivity index (χ0) is 45.2. The Morgan fingerprint density at radius 2 is 1.46 bits per heavy atom. The van der Waals surface area contributed by atoms with Crippen molar-refractivity contribution in [3.63, 3.8) is 0 Å². The Morgan fingerprint density at radius 1 is 0.815 bits per heavy atom. The summed E-state index contributed by atoms with van der Waals surface area (Å²) in [6.07, 6.45) is -1.08. The number of benzene rings is 5. The van der Waals surface area contributed by atoms with Gasteiger partial charge in [0.1, 0.15) is 23.3 Å². The Hall–Kier alpha value is -7.47. The number of methoxy groups -OCH3 is 2. The number of carbonyl (C=O) groups excluding carboxylic acids is 5. The van der Waals surface area contributed by atoms with E-state index in [9.17, 15) is 14.7 Å². The van der Waals surface area contributed by atoms with Crippen LogP contribution in [0.3, 0.4) is 0 Å². The van der Waals surface area contributed by atoms with Gasteiger partial charge in [-0.05, 0) is 76.9 Å². The van der Waals surface area contributed by atoms with E-state index in [4.69, 9.17) is 18.9 Å². The first-order valence-corrected chi connectivity index (χ1v) is 21.3. The summed E-state index contributed by atoms with van der Waals surface area (Å²) < 4.78 is 21.7. The van der Waals surface area contributed by atoms with Crippen LogP contribution in [0.4, 0.5) is 17.1 Å². The van der Waals surface area contributed by atoms with Gasteiger partial charge in [0.2, 0.25) is 11.8 Å². The Labute approximate surface area is 375 Å².